The van der Waals surface area contributed by atoms with Gasteiger partial charge < -0.3 is 5.32 Å². The molecule has 3 N–H and O–H groups in total. The molecule has 0 spiro atoms. The number of thiocarbonyl (C=S) groups is 1. The highest BCUT2D eigenvalue weighted by Gasteiger charge is 2.15. The predicted molar refractivity (Wildman–Crippen MR) is 99.9 cm³/mol. The number of nitrogens with zero attached hydrogens (tertiary/aromatic N) is 2. The Morgan fingerprint density at radius 3 is 2.62 bits per heavy atom. The van der Waals surface area contributed by atoms with Crippen molar-refractivity contribution >= 4 is 40.6 Å². The van der Waals surface area contributed by atoms with E-state index in [2.05, 4.69) is 20.8 Å². The van der Waals surface area contributed by atoms with Crippen LogP contribution < -0.4 is 20.2 Å². The van der Waals surface area contributed by atoms with Crippen molar-refractivity contribution in [3.63, 3.8) is 0 Å². The average Bonchev–Trinajstić information content (AvgIpc) is 2.97. The molecule has 0 saturated heterocycles. The van der Waals surface area contributed by atoms with Crippen LogP contribution >= 0.6 is 23.6 Å². The van der Waals surface area contributed by atoms with Crippen LogP contribution in [-0.4, -0.2) is 16.3 Å². The fourth-order valence-corrected chi connectivity index (χ4v) is 2.87. The lowest BCUT2D eigenvalue weighted by Crippen LogP contribution is -2.31. The van der Waals surface area contributed by atoms with Gasteiger partial charge in [-0.05, 0) is 47.8 Å². The second kappa shape index (κ2) is 7.62. The summed E-state index contributed by atoms with van der Waals surface area (Å²) in [5.41, 5.74) is 3.61. The Kier molecular flexibility index (Phi) is 5.09. The summed E-state index contributed by atoms with van der Waals surface area (Å²) in [6.07, 6.45) is 5.27. The second-order valence-corrected chi connectivity index (χ2v) is 6.12. The van der Waals surface area contributed by atoms with Crippen molar-refractivity contribution in [3.8, 4) is 5.82 Å². The predicted octanol–water partition coefficient (Wildman–Crippen LogP) is 2.03. The van der Waals surface area contributed by atoms with Gasteiger partial charge in [0.15, 0.2) is 5.11 Å². The number of thiazole rings is 1. The Morgan fingerprint density at radius 1 is 1.17 bits per heavy atom. The highest BCUT2D eigenvalue weighted by atomic mass is 32.1. The van der Waals surface area contributed by atoms with Crippen molar-refractivity contribution in [2.45, 2.75) is 0 Å². The maximum absolute atomic E-state index is 11.7. The Hall–Kier alpha value is -2.84. The van der Waals surface area contributed by atoms with Crippen molar-refractivity contribution in [2.75, 3.05) is 5.32 Å². The summed E-state index contributed by atoms with van der Waals surface area (Å²) in [7, 11) is 0. The average molecular weight is 356 g/mol. The number of hydrogen-bond donors (Lipinski definition) is 3. The van der Waals surface area contributed by atoms with Crippen LogP contribution in [0.15, 0.2) is 70.8 Å². The van der Waals surface area contributed by atoms with E-state index in [1.54, 1.807) is 6.21 Å². The van der Waals surface area contributed by atoms with E-state index in [4.69, 9.17) is 12.2 Å². The SMILES string of the molecule is O=c1[nH]c(-[n+]2ccccc2)c(/C=N/NC(=S)Nc2ccccc2)s1. The van der Waals surface area contributed by atoms with E-state index < -0.39 is 0 Å². The quantitative estimate of drug-likeness (QED) is 0.289. The van der Waals surface area contributed by atoms with Gasteiger partial charge in [-0.15, -0.1) is 0 Å². The van der Waals surface area contributed by atoms with E-state index in [-0.39, 0.29) is 4.87 Å². The molecule has 0 bridgehead atoms. The van der Waals surface area contributed by atoms with E-state index in [0.29, 0.717) is 15.8 Å². The summed E-state index contributed by atoms with van der Waals surface area (Å²) in [4.78, 5) is 15.0. The van der Waals surface area contributed by atoms with Crippen molar-refractivity contribution in [1.29, 1.82) is 0 Å². The molecule has 0 atom stereocenters. The van der Waals surface area contributed by atoms with Gasteiger partial charge in [0.25, 0.3) is 0 Å². The molecule has 3 rings (SSSR count). The number of hydrazone groups is 1. The number of H-pyrrole nitrogens is 1. The fraction of sp³-hybridized carbons (Fsp3) is 0. The van der Waals surface area contributed by atoms with Crippen molar-refractivity contribution < 1.29 is 4.57 Å². The van der Waals surface area contributed by atoms with Gasteiger partial charge in [-0.1, -0.05) is 24.3 Å². The zero-order chi connectivity index (χ0) is 16.8. The van der Waals surface area contributed by atoms with Gasteiger partial charge >= 0.3 is 10.7 Å². The smallest absolute Gasteiger partial charge is 0.331 e. The monoisotopic (exact) mass is 356 g/mol. The minimum atomic E-state index is -0.146. The molecule has 0 unspecified atom stereocenters. The summed E-state index contributed by atoms with van der Waals surface area (Å²) in [6.45, 7) is 0. The molecule has 0 aliphatic rings. The summed E-state index contributed by atoms with van der Waals surface area (Å²) < 4.78 is 1.82. The van der Waals surface area contributed by atoms with Gasteiger partial charge in [0.1, 0.15) is 4.88 Å². The molecule has 0 aliphatic carbocycles. The number of anilines is 1. The molecule has 120 valence electrons. The number of benzene rings is 1. The molecule has 0 aliphatic heterocycles. The second-order valence-electron chi connectivity index (χ2n) is 4.70. The molecule has 24 heavy (non-hydrogen) atoms. The van der Waals surface area contributed by atoms with E-state index >= 15 is 0 Å². The third kappa shape index (κ3) is 4.12. The molecule has 2 heterocycles. The Balaban J connectivity index is 1.69. The lowest BCUT2D eigenvalue weighted by molar-refractivity contribution is -0.599. The lowest BCUT2D eigenvalue weighted by atomic mass is 10.3. The van der Waals surface area contributed by atoms with Gasteiger partial charge in [0.2, 0.25) is 0 Å². The molecule has 0 amide bonds. The molecule has 2 aromatic heterocycles. The maximum atomic E-state index is 11.7. The van der Waals surface area contributed by atoms with Crippen LogP contribution in [0.1, 0.15) is 4.88 Å². The van der Waals surface area contributed by atoms with Gasteiger partial charge in [0, 0.05) is 5.69 Å². The van der Waals surface area contributed by atoms with Crippen LogP contribution in [0.3, 0.4) is 0 Å². The van der Waals surface area contributed by atoms with E-state index in [0.717, 1.165) is 17.0 Å². The molecular weight excluding hydrogens is 342 g/mol. The number of rotatable bonds is 4. The Labute approximate surface area is 147 Å². The molecule has 0 radical (unpaired) electrons. The molecule has 8 heteroatoms. The van der Waals surface area contributed by atoms with Crippen LogP contribution in [0, 0.1) is 0 Å². The normalized spacial score (nSPS) is 10.7. The minimum absolute atomic E-state index is 0.146. The lowest BCUT2D eigenvalue weighted by Gasteiger charge is -2.05. The molecule has 6 nitrogen and oxygen atoms in total. The number of aromatic amines is 1. The Morgan fingerprint density at radius 2 is 1.88 bits per heavy atom. The molecule has 0 fully saturated rings. The first-order valence-corrected chi connectivity index (χ1v) is 8.30. The standard InChI is InChI=1S/C16H13N5OS2/c22-16-19-14(21-9-5-2-6-10-21)13(24-16)11-17-20-15(23)18-12-7-3-1-4-8-12/h1-11H,(H2-,17,18,19,20,22,23)/p+1. The van der Waals surface area contributed by atoms with Crippen molar-refractivity contribution in [1.82, 2.24) is 10.4 Å². The van der Waals surface area contributed by atoms with Gasteiger partial charge in [-0.3, -0.25) is 5.43 Å². The summed E-state index contributed by atoms with van der Waals surface area (Å²) in [5, 5.41) is 7.48. The maximum Gasteiger partial charge on any atom is 0.390 e. The minimum Gasteiger partial charge on any atom is -0.331 e. The van der Waals surface area contributed by atoms with Crippen LogP contribution in [0.5, 0.6) is 0 Å². The van der Waals surface area contributed by atoms with Crippen LogP contribution in [0.2, 0.25) is 0 Å². The van der Waals surface area contributed by atoms with Crippen LogP contribution in [0.4, 0.5) is 5.69 Å². The number of hydrogen-bond acceptors (Lipinski definition) is 4. The first-order chi connectivity index (χ1) is 11.7. The van der Waals surface area contributed by atoms with Gasteiger partial charge in [-0.25, -0.2) is 9.36 Å². The molecular formula is C16H14N5OS2+. The molecule has 3 aromatic rings. The van der Waals surface area contributed by atoms with Gasteiger partial charge in [0.05, 0.1) is 18.6 Å². The van der Waals surface area contributed by atoms with Crippen LogP contribution in [-0.2, 0) is 0 Å². The van der Waals surface area contributed by atoms with Crippen molar-refractivity contribution in [2.24, 2.45) is 5.10 Å². The highest BCUT2D eigenvalue weighted by Crippen LogP contribution is 2.06. The summed E-state index contributed by atoms with van der Waals surface area (Å²) >= 11 is 6.26. The van der Waals surface area contributed by atoms with Crippen molar-refractivity contribution in [3.05, 3.63) is 75.5 Å². The number of nitrogens with one attached hydrogen (secondary N) is 3. The van der Waals surface area contributed by atoms with E-state index in [9.17, 15) is 4.79 Å². The molecule has 0 saturated carbocycles. The first-order valence-electron chi connectivity index (χ1n) is 7.07. The fourth-order valence-electron chi connectivity index (χ4n) is 1.99. The molecule has 1 aromatic carbocycles. The van der Waals surface area contributed by atoms with Crippen LogP contribution in [0.25, 0.3) is 5.82 Å². The Bertz CT molecular complexity index is 903. The summed E-state index contributed by atoms with van der Waals surface area (Å²) in [6, 6.07) is 15.2. The van der Waals surface area contributed by atoms with Gasteiger partial charge in [-0.2, -0.15) is 10.1 Å². The highest BCUT2D eigenvalue weighted by molar-refractivity contribution is 7.80. The first kappa shape index (κ1) is 16.0. The number of pyridine rings is 1. The topological polar surface area (TPSA) is 73.2 Å². The number of para-hydroxylation sites is 1. The number of aromatic nitrogens is 2. The van der Waals surface area contributed by atoms with E-state index in [1.165, 1.54) is 0 Å². The zero-order valence-corrected chi connectivity index (χ0v) is 14.1. The largest absolute Gasteiger partial charge is 0.390 e. The van der Waals surface area contributed by atoms with E-state index in [1.807, 2.05) is 65.5 Å². The summed E-state index contributed by atoms with van der Waals surface area (Å²) in [5.74, 6) is 0.665. The third-order valence-corrected chi connectivity index (χ3v) is 4.01. The zero-order valence-electron chi connectivity index (χ0n) is 12.5. The third-order valence-electron chi connectivity index (χ3n) is 3.01.